The minimum Gasteiger partial charge on any atom is -0.483 e. The first-order valence-corrected chi connectivity index (χ1v) is 9.42. The molecule has 2 heterocycles. The van der Waals surface area contributed by atoms with E-state index in [0.29, 0.717) is 0 Å². The Balaban J connectivity index is 1.85. The molecule has 27 heavy (non-hydrogen) atoms. The van der Waals surface area contributed by atoms with Crippen LogP contribution >= 0.6 is 11.3 Å². The van der Waals surface area contributed by atoms with Crippen LogP contribution in [0.15, 0.2) is 52.9 Å². The number of ether oxygens (including phenoxy) is 1. The molecular formula is C20H21N3O3S. The van der Waals surface area contributed by atoms with E-state index in [2.05, 4.69) is 10.3 Å². The van der Waals surface area contributed by atoms with Gasteiger partial charge in [-0.3, -0.25) is 9.59 Å². The van der Waals surface area contributed by atoms with Gasteiger partial charge in [0.25, 0.3) is 5.91 Å². The quantitative estimate of drug-likeness (QED) is 0.709. The van der Waals surface area contributed by atoms with Gasteiger partial charge in [-0.15, -0.1) is 11.3 Å². The number of amides is 1. The van der Waals surface area contributed by atoms with Gasteiger partial charge in [-0.1, -0.05) is 30.3 Å². The highest BCUT2D eigenvalue weighted by atomic mass is 32.1. The summed E-state index contributed by atoms with van der Waals surface area (Å²) in [4.78, 5) is 30.6. The largest absolute Gasteiger partial charge is 0.483 e. The van der Waals surface area contributed by atoms with Crippen molar-refractivity contribution in [2.75, 3.05) is 0 Å². The first-order chi connectivity index (χ1) is 13.0. The van der Waals surface area contributed by atoms with Gasteiger partial charge in [0.15, 0.2) is 11.4 Å². The average Bonchev–Trinajstić information content (AvgIpc) is 3.09. The number of hydrogen-bond acceptors (Lipinski definition) is 5. The van der Waals surface area contributed by atoms with Crippen molar-refractivity contribution >= 4 is 17.2 Å². The number of pyridine rings is 1. The maximum atomic E-state index is 12.9. The lowest BCUT2D eigenvalue weighted by Crippen LogP contribution is -2.31. The maximum Gasteiger partial charge on any atom is 0.272 e. The topological polar surface area (TPSA) is 73.2 Å². The Labute approximate surface area is 161 Å². The van der Waals surface area contributed by atoms with Gasteiger partial charge in [0.1, 0.15) is 6.61 Å². The van der Waals surface area contributed by atoms with Crippen molar-refractivity contribution in [3.05, 3.63) is 80.2 Å². The highest BCUT2D eigenvalue weighted by molar-refractivity contribution is 7.09. The Morgan fingerprint density at radius 3 is 2.70 bits per heavy atom. The number of rotatable bonds is 6. The summed E-state index contributed by atoms with van der Waals surface area (Å²) >= 11 is 1.53. The van der Waals surface area contributed by atoms with E-state index in [9.17, 15) is 9.59 Å². The van der Waals surface area contributed by atoms with Crippen LogP contribution in [0.5, 0.6) is 5.75 Å². The highest BCUT2D eigenvalue weighted by Crippen LogP contribution is 2.21. The first-order valence-electron chi connectivity index (χ1n) is 8.54. The molecule has 7 heteroatoms. The molecule has 6 nitrogen and oxygen atoms in total. The Kier molecular flexibility index (Phi) is 5.71. The molecule has 3 aromatic rings. The molecule has 1 amide bonds. The summed E-state index contributed by atoms with van der Waals surface area (Å²) in [6.45, 7) is 4.04. The van der Waals surface area contributed by atoms with Crippen LogP contribution in [-0.2, 0) is 13.7 Å². The lowest BCUT2D eigenvalue weighted by atomic mass is 10.2. The van der Waals surface area contributed by atoms with E-state index in [1.54, 1.807) is 23.3 Å². The van der Waals surface area contributed by atoms with E-state index in [-0.39, 0.29) is 35.4 Å². The van der Waals surface area contributed by atoms with E-state index in [4.69, 9.17) is 4.74 Å². The van der Waals surface area contributed by atoms with Gasteiger partial charge in [0, 0.05) is 24.2 Å². The highest BCUT2D eigenvalue weighted by Gasteiger charge is 2.22. The number of benzene rings is 1. The van der Waals surface area contributed by atoms with Gasteiger partial charge in [-0.05, 0) is 19.4 Å². The molecule has 0 saturated heterocycles. The van der Waals surface area contributed by atoms with Crippen LogP contribution in [0, 0.1) is 6.92 Å². The second kappa shape index (κ2) is 8.18. The average molecular weight is 383 g/mol. The number of thiazole rings is 1. The van der Waals surface area contributed by atoms with Crippen LogP contribution in [0.4, 0.5) is 0 Å². The number of aryl methyl sites for hydroxylation is 2. The van der Waals surface area contributed by atoms with Crippen molar-refractivity contribution in [2.45, 2.75) is 26.5 Å². The number of carbonyl (C=O) groups excluding carboxylic acids is 1. The summed E-state index contributed by atoms with van der Waals surface area (Å²) in [7, 11) is 1.71. The Hall–Kier alpha value is -2.93. The molecule has 1 aromatic carbocycles. The molecule has 140 valence electrons. The number of nitrogens with zero attached hydrogens (tertiary/aromatic N) is 2. The van der Waals surface area contributed by atoms with Crippen molar-refractivity contribution in [1.82, 2.24) is 14.9 Å². The smallest absolute Gasteiger partial charge is 0.272 e. The number of carbonyl (C=O) groups is 1. The van der Waals surface area contributed by atoms with Gasteiger partial charge in [0.2, 0.25) is 5.43 Å². The van der Waals surface area contributed by atoms with E-state index in [0.717, 1.165) is 16.1 Å². The molecule has 0 radical (unpaired) electrons. The molecule has 1 atom stereocenters. The fourth-order valence-electron chi connectivity index (χ4n) is 2.80. The van der Waals surface area contributed by atoms with Crippen molar-refractivity contribution < 1.29 is 9.53 Å². The predicted octanol–water partition coefficient (Wildman–Crippen LogP) is 3.22. The minimum atomic E-state index is -0.377. The van der Waals surface area contributed by atoms with Gasteiger partial charge in [-0.25, -0.2) is 4.98 Å². The van der Waals surface area contributed by atoms with E-state index >= 15 is 0 Å². The number of hydrogen-bond donors (Lipinski definition) is 1. The molecule has 0 saturated carbocycles. The third-order valence-electron chi connectivity index (χ3n) is 4.22. The molecule has 2 aromatic heterocycles. The van der Waals surface area contributed by atoms with Crippen molar-refractivity contribution in [3.63, 3.8) is 0 Å². The fraction of sp³-hybridized carbons (Fsp3) is 0.250. The summed E-state index contributed by atoms with van der Waals surface area (Å²) < 4.78 is 7.34. The van der Waals surface area contributed by atoms with E-state index < -0.39 is 0 Å². The third kappa shape index (κ3) is 4.25. The summed E-state index contributed by atoms with van der Waals surface area (Å²) in [5, 5.41) is 2.91. The summed E-state index contributed by atoms with van der Waals surface area (Å²) in [5.74, 6) is -0.332. The normalized spacial score (nSPS) is 11.8. The van der Waals surface area contributed by atoms with Gasteiger partial charge < -0.3 is 14.6 Å². The molecular weight excluding hydrogens is 362 g/mol. The van der Waals surface area contributed by atoms with E-state index in [1.165, 1.54) is 17.4 Å². The fourth-order valence-corrected chi connectivity index (χ4v) is 3.48. The second-order valence-electron chi connectivity index (χ2n) is 6.23. The molecule has 0 aliphatic heterocycles. The Morgan fingerprint density at radius 1 is 1.30 bits per heavy atom. The van der Waals surface area contributed by atoms with Gasteiger partial charge in [0.05, 0.1) is 17.2 Å². The first kappa shape index (κ1) is 18.8. The molecule has 0 bridgehead atoms. The third-order valence-corrected chi connectivity index (χ3v) is 5.00. The van der Waals surface area contributed by atoms with Gasteiger partial charge >= 0.3 is 0 Å². The Bertz CT molecular complexity index is 995. The molecule has 0 aliphatic rings. The maximum absolute atomic E-state index is 12.9. The molecule has 0 spiro atoms. The summed E-state index contributed by atoms with van der Waals surface area (Å²) in [6, 6.07) is 10.6. The predicted molar refractivity (Wildman–Crippen MR) is 105 cm³/mol. The standard InChI is InChI=1S/C20H21N3O3S/c1-13(17-14(2)27-12-21-17)22-20(25)18-19(16(24)9-10-23(18)3)26-11-15-7-5-4-6-8-15/h4-10,12-13H,11H2,1-3H3,(H,22,25). The molecule has 3 rings (SSSR count). The zero-order valence-electron chi connectivity index (χ0n) is 15.4. The van der Waals surface area contributed by atoms with Crippen LogP contribution < -0.4 is 15.5 Å². The SMILES string of the molecule is Cc1scnc1C(C)NC(=O)c1c(OCc2ccccc2)c(=O)ccn1C. The zero-order chi connectivity index (χ0) is 19.4. The van der Waals surface area contributed by atoms with Crippen molar-refractivity contribution in [1.29, 1.82) is 0 Å². The summed E-state index contributed by atoms with van der Waals surface area (Å²) in [5.41, 5.74) is 3.35. The zero-order valence-corrected chi connectivity index (χ0v) is 16.2. The molecule has 0 aliphatic carbocycles. The van der Waals surface area contributed by atoms with E-state index in [1.807, 2.05) is 44.2 Å². The summed E-state index contributed by atoms with van der Waals surface area (Å²) in [6.07, 6.45) is 1.56. The van der Waals surface area contributed by atoms with Crippen LogP contribution in [0.2, 0.25) is 0 Å². The van der Waals surface area contributed by atoms with Crippen LogP contribution in [-0.4, -0.2) is 15.5 Å². The van der Waals surface area contributed by atoms with Crippen LogP contribution in [0.1, 0.15) is 39.6 Å². The second-order valence-corrected chi connectivity index (χ2v) is 7.29. The van der Waals surface area contributed by atoms with Crippen molar-refractivity contribution in [3.8, 4) is 5.75 Å². The van der Waals surface area contributed by atoms with Crippen LogP contribution in [0.3, 0.4) is 0 Å². The number of nitrogens with one attached hydrogen (secondary N) is 1. The lowest BCUT2D eigenvalue weighted by molar-refractivity contribution is 0.0924. The Morgan fingerprint density at radius 2 is 2.04 bits per heavy atom. The molecule has 1 unspecified atom stereocenters. The minimum absolute atomic E-state index is 0.0450. The number of aromatic nitrogens is 2. The molecule has 1 N–H and O–H groups in total. The molecule has 0 fully saturated rings. The van der Waals surface area contributed by atoms with Crippen LogP contribution in [0.25, 0.3) is 0 Å². The lowest BCUT2D eigenvalue weighted by Gasteiger charge is -2.17. The van der Waals surface area contributed by atoms with Crippen molar-refractivity contribution in [2.24, 2.45) is 7.05 Å². The van der Waals surface area contributed by atoms with Gasteiger partial charge in [-0.2, -0.15) is 0 Å². The monoisotopic (exact) mass is 383 g/mol.